The average Bonchev–Trinajstić information content (AvgIpc) is 2.60. The highest BCUT2D eigenvalue weighted by Gasteiger charge is 2.30. The molecule has 2 N–H and O–H groups in total. The first-order valence-corrected chi connectivity index (χ1v) is 5.38. The SMILES string of the molecule is COc1ccc(CC2OC(=S)NC2=O)c(O)c1. The number of phenolic OH excluding ortho intramolecular Hbond substituents is 1. The van der Waals surface area contributed by atoms with E-state index in [2.05, 4.69) is 5.32 Å². The summed E-state index contributed by atoms with van der Waals surface area (Å²) in [6.45, 7) is 0. The highest BCUT2D eigenvalue weighted by molar-refractivity contribution is 7.80. The molecule has 0 radical (unpaired) electrons. The number of ether oxygens (including phenoxy) is 2. The molecule has 1 unspecified atom stereocenters. The molecule has 0 bridgehead atoms. The van der Waals surface area contributed by atoms with Crippen molar-refractivity contribution < 1.29 is 19.4 Å². The number of phenols is 1. The van der Waals surface area contributed by atoms with E-state index in [1.165, 1.54) is 13.2 Å². The minimum Gasteiger partial charge on any atom is -0.508 e. The Morgan fingerprint density at radius 3 is 2.88 bits per heavy atom. The first-order valence-electron chi connectivity index (χ1n) is 4.97. The van der Waals surface area contributed by atoms with Crippen molar-refractivity contribution in [3.63, 3.8) is 0 Å². The van der Waals surface area contributed by atoms with Crippen LogP contribution in [0, 0.1) is 0 Å². The van der Waals surface area contributed by atoms with E-state index < -0.39 is 6.10 Å². The molecule has 1 aliphatic heterocycles. The van der Waals surface area contributed by atoms with Crippen LogP contribution in [0.1, 0.15) is 5.56 Å². The largest absolute Gasteiger partial charge is 0.508 e. The Labute approximate surface area is 103 Å². The highest BCUT2D eigenvalue weighted by Crippen LogP contribution is 2.25. The number of carbonyl (C=O) groups excluding carboxylic acids is 1. The van der Waals surface area contributed by atoms with Gasteiger partial charge in [0.15, 0.2) is 6.10 Å². The first kappa shape index (κ1) is 11.7. The van der Waals surface area contributed by atoms with Gasteiger partial charge in [-0.3, -0.25) is 10.1 Å². The van der Waals surface area contributed by atoms with Crippen LogP contribution in [-0.4, -0.2) is 29.4 Å². The number of aromatic hydroxyl groups is 1. The number of hydrogen-bond donors (Lipinski definition) is 2. The molecule has 0 saturated carbocycles. The molecule has 1 saturated heterocycles. The van der Waals surface area contributed by atoms with Gasteiger partial charge >= 0.3 is 0 Å². The van der Waals surface area contributed by atoms with Crippen LogP contribution in [0.4, 0.5) is 0 Å². The van der Waals surface area contributed by atoms with Gasteiger partial charge in [-0.2, -0.15) is 0 Å². The second-order valence-corrected chi connectivity index (χ2v) is 3.95. The number of thiocarbonyl (C=S) groups is 1. The van der Waals surface area contributed by atoms with Crippen molar-refractivity contribution >= 4 is 23.3 Å². The molecule has 5 nitrogen and oxygen atoms in total. The lowest BCUT2D eigenvalue weighted by Crippen LogP contribution is -2.25. The summed E-state index contributed by atoms with van der Waals surface area (Å²) in [4.78, 5) is 11.4. The topological polar surface area (TPSA) is 67.8 Å². The van der Waals surface area contributed by atoms with Gasteiger partial charge in [-0.15, -0.1) is 0 Å². The van der Waals surface area contributed by atoms with Crippen LogP contribution in [0.2, 0.25) is 0 Å². The second kappa shape index (κ2) is 4.58. The van der Waals surface area contributed by atoms with E-state index in [-0.39, 0.29) is 23.3 Å². The molecule has 1 aromatic rings. The average molecular weight is 253 g/mol. The summed E-state index contributed by atoms with van der Waals surface area (Å²) >= 11 is 4.73. The Balaban J connectivity index is 2.14. The Bertz CT molecular complexity index is 475. The summed E-state index contributed by atoms with van der Waals surface area (Å²) in [5.74, 6) is 0.336. The molecular formula is C11H11NO4S. The maximum absolute atomic E-state index is 11.4. The predicted octanol–water partition coefficient (Wildman–Crippen LogP) is 0.743. The fourth-order valence-corrected chi connectivity index (χ4v) is 1.79. The fraction of sp³-hybridized carbons (Fsp3) is 0.273. The van der Waals surface area contributed by atoms with Crippen LogP contribution in [-0.2, 0) is 16.0 Å². The van der Waals surface area contributed by atoms with Crippen molar-refractivity contribution in [3.8, 4) is 11.5 Å². The van der Waals surface area contributed by atoms with Crippen LogP contribution >= 0.6 is 12.2 Å². The van der Waals surface area contributed by atoms with E-state index in [9.17, 15) is 9.90 Å². The third-order valence-electron chi connectivity index (χ3n) is 2.46. The van der Waals surface area contributed by atoms with Crippen molar-refractivity contribution in [2.45, 2.75) is 12.5 Å². The maximum atomic E-state index is 11.4. The molecule has 1 aliphatic rings. The lowest BCUT2D eigenvalue weighted by atomic mass is 10.1. The Kier molecular flexibility index (Phi) is 3.14. The van der Waals surface area contributed by atoms with E-state index in [0.717, 1.165) is 0 Å². The zero-order chi connectivity index (χ0) is 12.4. The van der Waals surface area contributed by atoms with Crippen molar-refractivity contribution in [1.82, 2.24) is 5.32 Å². The highest BCUT2D eigenvalue weighted by atomic mass is 32.1. The molecular weight excluding hydrogens is 242 g/mol. The monoisotopic (exact) mass is 253 g/mol. The molecule has 6 heteroatoms. The zero-order valence-corrected chi connectivity index (χ0v) is 9.91. The lowest BCUT2D eigenvalue weighted by molar-refractivity contribution is -0.123. The van der Waals surface area contributed by atoms with Gasteiger partial charge in [0.25, 0.3) is 11.1 Å². The number of methoxy groups -OCH3 is 1. The Morgan fingerprint density at radius 2 is 2.35 bits per heavy atom. The Hall–Kier alpha value is -1.82. The fourth-order valence-electron chi connectivity index (χ4n) is 1.57. The van der Waals surface area contributed by atoms with Crippen LogP contribution < -0.4 is 10.1 Å². The summed E-state index contributed by atoms with van der Waals surface area (Å²) in [5, 5.41) is 12.2. The molecule has 0 aliphatic carbocycles. The molecule has 1 aromatic carbocycles. The van der Waals surface area contributed by atoms with Gasteiger partial charge in [0.2, 0.25) is 0 Å². The molecule has 1 heterocycles. The van der Waals surface area contributed by atoms with Crippen molar-refractivity contribution in [1.29, 1.82) is 0 Å². The normalized spacial score (nSPS) is 18.8. The number of carbonyl (C=O) groups is 1. The van der Waals surface area contributed by atoms with Crippen LogP contribution in [0.5, 0.6) is 11.5 Å². The molecule has 0 spiro atoms. The zero-order valence-electron chi connectivity index (χ0n) is 9.10. The van der Waals surface area contributed by atoms with Gasteiger partial charge in [0, 0.05) is 12.5 Å². The van der Waals surface area contributed by atoms with Crippen molar-refractivity contribution in [2.24, 2.45) is 0 Å². The van der Waals surface area contributed by atoms with Gasteiger partial charge in [-0.05, 0) is 23.8 Å². The number of benzene rings is 1. The standard InChI is InChI=1S/C11H11NO4S/c1-15-7-3-2-6(8(13)5-7)4-9-10(14)12-11(17)16-9/h2-3,5,9,13H,4H2,1H3,(H,12,14,17). The molecule has 1 atom stereocenters. The number of amides is 1. The first-order chi connectivity index (χ1) is 8.10. The third-order valence-corrected chi connectivity index (χ3v) is 2.66. The van der Waals surface area contributed by atoms with Gasteiger partial charge in [0.1, 0.15) is 11.5 Å². The second-order valence-electron chi connectivity index (χ2n) is 3.58. The Morgan fingerprint density at radius 1 is 1.59 bits per heavy atom. The predicted molar refractivity (Wildman–Crippen MR) is 64.0 cm³/mol. The van der Waals surface area contributed by atoms with Gasteiger partial charge in [0.05, 0.1) is 7.11 Å². The van der Waals surface area contributed by atoms with Crippen LogP contribution in [0.15, 0.2) is 18.2 Å². The maximum Gasteiger partial charge on any atom is 0.268 e. The van der Waals surface area contributed by atoms with E-state index in [0.29, 0.717) is 11.3 Å². The van der Waals surface area contributed by atoms with Crippen molar-refractivity contribution in [2.75, 3.05) is 7.11 Å². The minimum atomic E-state index is -0.679. The van der Waals surface area contributed by atoms with Gasteiger partial charge in [-0.25, -0.2) is 0 Å². The van der Waals surface area contributed by atoms with E-state index in [1.54, 1.807) is 12.1 Å². The molecule has 1 amide bonds. The summed E-state index contributed by atoms with van der Waals surface area (Å²) in [5.41, 5.74) is 0.607. The molecule has 17 heavy (non-hydrogen) atoms. The van der Waals surface area contributed by atoms with Crippen molar-refractivity contribution in [3.05, 3.63) is 23.8 Å². The molecule has 2 rings (SSSR count). The number of nitrogens with one attached hydrogen (secondary N) is 1. The quantitative estimate of drug-likeness (QED) is 0.778. The summed E-state index contributed by atoms with van der Waals surface area (Å²) in [7, 11) is 1.51. The molecule has 1 fully saturated rings. The van der Waals surface area contributed by atoms with Gasteiger partial charge in [-0.1, -0.05) is 6.07 Å². The van der Waals surface area contributed by atoms with Crippen LogP contribution in [0.25, 0.3) is 0 Å². The summed E-state index contributed by atoms with van der Waals surface area (Å²) in [6, 6.07) is 4.88. The third kappa shape index (κ3) is 2.47. The number of hydrogen-bond acceptors (Lipinski definition) is 5. The summed E-state index contributed by atoms with van der Waals surface area (Å²) in [6.07, 6.45) is -0.413. The molecule has 0 aromatic heterocycles. The minimum absolute atomic E-state index is 0.0681. The van der Waals surface area contributed by atoms with Gasteiger partial charge < -0.3 is 14.6 Å². The summed E-state index contributed by atoms with van der Waals surface area (Å²) < 4.78 is 10.1. The smallest absolute Gasteiger partial charge is 0.268 e. The van der Waals surface area contributed by atoms with Crippen LogP contribution in [0.3, 0.4) is 0 Å². The number of rotatable bonds is 3. The van der Waals surface area contributed by atoms with E-state index >= 15 is 0 Å². The van der Waals surface area contributed by atoms with E-state index in [4.69, 9.17) is 21.7 Å². The molecule has 90 valence electrons. The van der Waals surface area contributed by atoms with E-state index in [1.807, 2.05) is 0 Å². The lowest BCUT2D eigenvalue weighted by Gasteiger charge is -2.09.